The third kappa shape index (κ3) is 11.4. The van der Waals surface area contributed by atoms with Crippen molar-refractivity contribution in [2.24, 2.45) is 0 Å². The van der Waals surface area contributed by atoms with Crippen LogP contribution in [0.25, 0.3) is 0 Å². The number of amides is 2. The molecular formula is C36H51N3O12S. The smallest absolute Gasteiger partial charge is 0.253 e. The fourth-order valence-corrected chi connectivity index (χ4v) is 6.95. The van der Waals surface area contributed by atoms with Crippen LogP contribution in [0, 0.1) is 0 Å². The zero-order chi connectivity index (χ0) is 37.6. The van der Waals surface area contributed by atoms with Gasteiger partial charge in [-0.1, -0.05) is 49.4 Å². The van der Waals surface area contributed by atoms with Gasteiger partial charge in [-0.2, -0.15) is 0 Å². The summed E-state index contributed by atoms with van der Waals surface area (Å²) < 4.78 is 34.8. The number of aliphatic hydroxyl groups is 4. The molecule has 2 saturated heterocycles. The van der Waals surface area contributed by atoms with Gasteiger partial charge >= 0.3 is 0 Å². The first-order valence-corrected chi connectivity index (χ1v) is 18.1. The molecule has 2 fully saturated rings. The Labute approximate surface area is 307 Å². The van der Waals surface area contributed by atoms with Crippen molar-refractivity contribution < 1.29 is 58.4 Å². The Hall–Kier alpha value is -3.29. The van der Waals surface area contributed by atoms with Gasteiger partial charge in [0.1, 0.15) is 53.9 Å². The number of hydrogen-bond donors (Lipinski definition) is 7. The number of ether oxygens (including phenoxy) is 6. The topological polar surface area (TPSA) is 221 Å². The molecule has 2 aromatic rings. The van der Waals surface area contributed by atoms with Gasteiger partial charge in [0.2, 0.25) is 5.91 Å². The number of thioether (sulfide) groups is 1. The molecule has 288 valence electrons. The second-order valence-electron chi connectivity index (χ2n) is 12.4. The molecule has 2 aliphatic heterocycles. The number of para-hydroxylation sites is 1. The van der Waals surface area contributed by atoms with Crippen molar-refractivity contribution in [3.05, 3.63) is 66.2 Å². The van der Waals surface area contributed by atoms with Crippen molar-refractivity contribution in [2.75, 3.05) is 45.9 Å². The minimum absolute atomic E-state index is 0.00379. The van der Waals surface area contributed by atoms with Gasteiger partial charge in [0.15, 0.2) is 6.29 Å². The summed E-state index contributed by atoms with van der Waals surface area (Å²) in [5.41, 5.74) is 5.68. The number of nitrogens with two attached hydrogens (primary N) is 1. The Morgan fingerprint density at radius 2 is 1.58 bits per heavy atom. The zero-order valence-corrected chi connectivity index (χ0v) is 30.4. The van der Waals surface area contributed by atoms with Crippen molar-refractivity contribution in [3.63, 3.8) is 0 Å². The molecule has 0 spiro atoms. The van der Waals surface area contributed by atoms with Crippen molar-refractivity contribution >= 4 is 29.3 Å². The van der Waals surface area contributed by atoms with Gasteiger partial charge in [-0.25, -0.2) is 0 Å². The van der Waals surface area contributed by atoms with E-state index in [1.807, 2.05) is 24.3 Å². The molecule has 2 aromatic carbocycles. The van der Waals surface area contributed by atoms with Crippen molar-refractivity contribution in [1.29, 1.82) is 0 Å². The average molecular weight is 750 g/mol. The van der Waals surface area contributed by atoms with Crippen LogP contribution in [0.3, 0.4) is 0 Å². The lowest BCUT2D eigenvalue weighted by Crippen LogP contribution is -2.65. The Morgan fingerprint density at radius 1 is 0.923 bits per heavy atom. The quantitative estimate of drug-likeness (QED) is 0.0642. The summed E-state index contributed by atoms with van der Waals surface area (Å²) in [7, 11) is 1.58. The van der Waals surface area contributed by atoms with Crippen LogP contribution in [0.2, 0.25) is 0 Å². The van der Waals surface area contributed by atoms with Crippen molar-refractivity contribution in [1.82, 2.24) is 10.6 Å². The number of carbonyl (C=O) groups is 2. The third-order valence-electron chi connectivity index (χ3n) is 8.59. The molecule has 2 heterocycles. The molecule has 52 heavy (non-hydrogen) atoms. The molecule has 0 aromatic heterocycles. The van der Waals surface area contributed by atoms with Crippen LogP contribution in [0.1, 0.15) is 37.0 Å². The van der Waals surface area contributed by atoms with E-state index in [-0.39, 0.29) is 37.0 Å². The number of carbonyl (C=O) groups excluding carboxylic acids is 2. The molecule has 0 bridgehead atoms. The Kier molecular flexibility index (Phi) is 16.6. The van der Waals surface area contributed by atoms with Gasteiger partial charge in [0, 0.05) is 24.1 Å². The molecule has 2 amide bonds. The first-order valence-electron chi connectivity index (χ1n) is 17.2. The summed E-state index contributed by atoms with van der Waals surface area (Å²) in [5, 5.41) is 48.2. The summed E-state index contributed by atoms with van der Waals surface area (Å²) >= 11 is 1.37. The van der Waals surface area contributed by atoms with Crippen LogP contribution < -0.4 is 21.1 Å². The molecule has 6 unspecified atom stereocenters. The van der Waals surface area contributed by atoms with E-state index >= 15 is 0 Å². The number of benzene rings is 2. The molecule has 0 saturated carbocycles. The lowest BCUT2D eigenvalue weighted by Gasteiger charge is -2.44. The maximum absolute atomic E-state index is 13.0. The average Bonchev–Trinajstić information content (AvgIpc) is 3.13. The van der Waals surface area contributed by atoms with Gasteiger partial charge in [0.05, 0.1) is 45.1 Å². The summed E-state index contributed by atoms with van der Waals surface area (Å²) in [6.45, 7) is 3.37. The van der Waals surface area contributed by atoms with Crippen LogP contribution in [0.15, 0.2) is 65.6 Å². The summed E-state index contributed by atoms with van der Waals surface area (Å²) in [5.74, 6) is -0.249. The maximum atomic E-state index is 13.0. The van der Waals surface area contributed by atoms with E-state index in [0.29, 0.717) is 12.4 Å². The van der Waals surface area contributed by atoms with Crippen LogP contribution in [-0.2, 0) is 28.5 Å². The van der Waals surface area contributed by atoms with Crippen molar-refractivity contribution in [2.45, 2.75) is 92.0 Å². The molecule has 8 N–H and O–H groups in total. The van der Waals surface area contributed by atoms with E-state index in [4.69, 9.17) is 34.2 Å². The highest BCUT2D eigenvalue weighted by atomic mass is 32.2. The highest BCUT2D eigenvalue weighted by Crippen LogP contribution is 2.35. The van der Waals surface area contributed by atoms with Gasteiger partial charge in [0.25, 0.3) is 5.91 Å². The molecule has 10 atom stereocenters. The normalized spacial score (nSPS) is 29.1. The number of nitrogens with one attached hydrogen (secondary N) is 2. The Morgan fingerprint density at radius 3 is 2.19 bits per heavy atom. The molecule has 15 nitrogen and oxygen atoms in total. The van der Waals surface area contributed by atoms with Crippen LogP contribution in [0.4, 0.5) is 5.69 Å². The second-order valence-corrected chi connectivity index (χ2v) is 13.5. The molecule has 4 rings (SSSR count). The SMILES string of the molecule is CCCCOCC1O[C@@H](Sc2ccc(OC)cc2)C(NC(C)=O)C(OC/C=C/COC2C(NC(=O)c3ccccc3N)[C@H](O)OC(CO)[C@@H]2O)[C@H]1O. The fourth-order valence-electron chi connectivity index (χ4n) is 5.82. The minimum Gasteiger partial charge on any atom is -0.497 e. The predicted octanol–water partition coefficient (Wildman–Crippen LogP) is 0.972. The Bertz CT molecular complexity index is 1440. The van der Waals surface area contributed by atoms with Crippen molar-refractivity contribution in [3.8, 4) is 5.75 Å². The summed E-state index contributed by atoms with van der Waals surface area (Å²) in [6.07, 6.45) is -3.07. The lowest BCUT2D eigenvalue weighted by atomic mass is 9.96. The largest absolute Gasteiger partial charge is 0.497 e. The lowest BCUT2D eigenvalue weighted by molar-refractivity contribution is -0.259. The third-order valence-corrected chi connectivity index (χ3v) is 9.77. The van der Waals surface area contributed by atoms with Crippen LogP contribution in [0.5, 0.6) is 5.75 Å². The highest BCUT2D eigenvalue weighted by Gasteiger charge is 2.48. The number of unbranched alkanes of at least 4 members (excludes halogenated alkanes) is 1. The standard InChI is InChI=1S/C36H51N3O12S/c1-4-5-16-47-20-27-31(43)33(29(38-21(2)41)36(51-27)52-23-14-12-22(46-3)13-15-23)49-18-9-8-17-48-32-28(35(45)50-26(19-40)30(32)42)39-34(44)24-10-6-7-11-25(24)37/h6-15,26-33,35-36,40,42-43,45H,4-5,16-20,37H2,1-3H3,(H,38,41)(H,39,44)/b9-8+/t26?,27?,28?,29?,30-,31-,32?,33?,35+,36-/m0/s1. The van der Waals surface area contributed by atoms with Gasteiger partial charge in [-0.15, -0.1) is 0 Å². The van der Waals surface area contributed by atoms with E-state index in [0.717, 1.165) is 17.7 Å². The van der Waals surface area contributed by atoms with Gasteiger partial charge in [-0.05, 0) is 42.8 Å². The number of methoxy groups -OCH3 is 1. The summed E-state index contributed by atoms with van der Waals surface area (Å²) in [6, 6.07) is 11.8. The maximum Gasteiger partial charge on any atom is 0.253 e. The van der Waals surface area contributed by atoms with E-state index in [1.165, 1.54) is 24.8 Å². The molecule has 16 heteroatoms. The number of aliphatic hydroxyl groups excluding tert-OH is 4. The van der Waals surface area contributed by atoms with Gasteiger partial charge < -0.3 is 65.2 Å². The minimum atomic E-state index is -1.60. The monoisotopic (exact) mass is 749 g/mol. The van der Waals surface area contributed by atoms with Crippen LogP contribution in [-0.4, -0.2) is 133 Å². The van der Waals surface area contributed by atoms with Gasteiger partial charge in [-0.3, -0.25) is 9.59 Å². The zero-order valence-electron chi connectivity index (χ0n) is 29.5. The number of hydrogen-bond acceptors (Lipinski definition) is 14. The number of anilines is 1. The van der Waals surface area contributed by atoms with E-state index in [9.17, 15) is 30.0 Å². The molecular weight excluding hydrogens is 698 g/mol. The van der Waals surface area contributed by atoms with E-state index in [1.54, 1.807) is 37.5 Å². The number of rotatable bonds is 18. The van der Waals surface area contributed by atoms with Crippen LogP contribution >= 0.6 is 11.8 Å². The molecule has 0 aliphatic carbocycles. The Balaban J connectivity index is 1.43. The first kappa shape index (κ1) is 41.5. The number of nitrogen functional groups attached to an aromatic ring is 1. The second kappa shape index (κ2) is 20.8. The summed E-state index contributed by atoms with van der Waals surface area (Å²) in [4.78, 5) is 26.2. The fraction of sp³-hybridized carbons (Fsp3) is 0.556. The predicted molar refractivity (Wildman–Crippen MR) is 192 cm³/mol. The first-order chi connectivity index (χ1) is 25.1. The molecule has 0 radical (unpaired) electrons. The highest BCUT2D eigenvalue weighted by molar-refractivity contribution is 7.99. The van der Waals surface area contributed by atoms with E-state index < -0.39 is 72.9 Å². The van der Waals surface area contributed by atoms with E-state index in [2.05, 4.69) is 17.6 Å². The molecule has 2 aliphatic rings.